The Balaban J connectivity index is 1.89. The second-order valence-electron chi connectivity index (χ2n) is 6.22. The zero-order valence-corrected chi connectivity index (χ0v) is 13.6. The van der Waals surface area contributed by atoms with Gasteiger partial charge < -0.3 is 10.1 Å². The van der Waals surface area contributed by atoms with Gasteiger partial charge >= 0.3 is 0 Å². The number of hydrogen-bond donors (Lipinski definition) is 1. The molecule has 0 aliphatic carbocycles. The molecule has 21 heavy (non-hydrogen) atoms. The number of benzene rings is 1. The highest BCUT2D eigenvalue weighted by atomic mass is 16.5. The molecule has 1 aliphatic heterocycles. The molecule has 1 N–H and O–H groups in total. The fraction of sp³-hybridized carbons (Fsp3) is 0.667. The molecule has 0 saturated carbocycles. The zero-order valence-electron chi connectivity index (χ0n) is 13.6. The molecule has 1 aromatic carbocycles. The fourth-order valence-electron chi connectivity index (χ4n) is 2.98. The van der Waals surface area contributed by atoms with E-state index in [0.29, 0.717) is 0 Å². The molecule has 1 saturated heterocycles. The van der Waals surface area contributed by atoms with Crippen LogP contribution in [0.15, 0.2) is 30.3 Å². The maximum Gasteiger partial charge on any atom is 0.0593 e. The molecule has 0 amide bonds. The van der Waals surface area contributed by atoms with Crippen LogP contribution in [0.25, 0.3) is 0 Å². The van der Waals surface area contributed by atoms with Crippen LogP contribution in [-0.2, 0) is 10.3 Å². The third-order valence-electron chi connectivity index (χ3n) is 4.31. The van der Waals surface area contributed by atoms with Crippen LogP contribution in [0.2, 0.25) is 0 Å². The highest BCUT2D eigenvalue weighted by Gasteiger charge is 2.30. The van der Waals surface area contributed by atoms with Crippen molar-refractivity contribution >= 4 is 0 Å². The largest absolute Gasteiger partial charge is 0.380 e. The van der Waals surface area contributed by atoms with Crippen molar-refractivity contribution in [2.24, 2.45) is 0 Å². The molecule has 1 aliphatic rings. The molecule has 0 spiro atoms. The van der Waals surface area contributed by atoms with E-state index in [4.69, 9.17) is 4.74 Å². The van der Waals surface area contributed by atoms with Crippen molar-refractivity contribution in [1.82, 2.24) is 10.2 Å². The minimum Gasteiger partial charge on any atom is -0.380 e. The molecular formula is C18H30N2O. The van der Waals surface area contributed by atoms with Crippen LogP contribution in [-0.4, -0.2) is 44.3 Å². The van der Waals surface area contributed by atoms with E-state index in [1.165, 1.54) is 24.8 Å². The minimum atomic E-state index is 0.0428. The van der Waals surface area contributed by atoms with Gasteiger partial charge in [-0.3, -0.25) is 4.90 Å². The Morgan fingerprint density at radius 2 is 2.05 bits per heavy atom. The molecule has 3 heteroatoms. The third-order valence-corrected chi connectivity index (χ3v) is 4.31. The molecule has 0 aromatic heterocycles. The van der Waals surface area contributed by atoms with Gasteiger partial charge in [0.25, 0.3) is 0 Å². The Hall–Kier alpha value is -0.900. The van der Waals surface area contributed by atoms with Gasteiger partial charge in [0.1, 0.15) is 0 Å². The smallest absolute Gasteiger partial charge is 0.0593 e. The molecule has 1 atom stereocenters. The van der Waals surface area contributed by atoms with Crippen molar-refractivity contribution in [2.45, 2.75) is 38.6 Å². The van der Waals surface area contributed by atoms with Gasteiger partial charge in [-0.25, -0.2) is 0 Å². The van der Waals surface area contributed by atoms with Gasteiger partial charge in [0.15, 0.2) is 0 Å². The lowest BCUT2D eigenvalue weighted by atomic mass is 9.91. The molecule has 3 nitrogen and oxygen atoms in total. The molecule has 0 radical (unpaired) electrons. The summed E-state index contributed by atoms with van der Waals surface area (Å²) < 4.78 is 5.73. The van der Waals surface area contributed by atoms with Gasteiger partial charge in [-0.05, 0) is 38.4 Å². The number of ether oxygens (including phenoxy) is 1. The first kappa shape index (κ1) is 16.5. The van der Waals surface area contributed by atoms with Gasteiger partial charge in [-0.1, -0.05) is 43.7 Å². The molecule has 2 rings (SSSR count). The minimum absolute atomic E-state index is 0.0428. The molecule has 1 fully saturated rings. The van der Waals surface area contributed by atoms with Gasteiger partial charge in [-0.15, -0.1) is 0 Å². The molecule has 118 valence electrons. The Labute approximate surface area is 129 Å². The van der Waals surface area contributed by atoms with Crippen molar-refractivity contribution in [3.05, 3.63) is 35.9 Å². The second kappa shape index (κ2) is 8.52. The van der Waals surface area contributed by atoms with E-state index >= 15 is 0 Å². The highest BCUT2D eigenvalue weighted by molar-refractivity contribution is 5.24. The van der Waals surface area contributed by atoms with Crippen LogP contribution in [0.5, 0.6) is 0 Å². The molecular weight excluding hydrogens is 260 g/mol. The van der Waals surface area contributed by atoms with E-state index in [1.54, 1.807) is 0 Å². The predicted molar refractivity (Wildman–Crippen MR) is 88.6 cm³/mol. The van der Waals surface area contributed by atoms with Gasteiger partial charge in [-0.2, -0.15) is 0 Å². The lowest BCUT2D eigenvalue weighted by molar-refractivity contribution is 0.0951. The molecule has 0 bridgehead atoms. The summed E-state index contributed by atoms with van der Waals surface area (Å²) in [5.41, 5.74) is 1.42. The number of nitrogens with one attached hydrogen (secondary N) is 1. The van der Waals surface area contributed by atoms with E-state index in [-0.39, 0.29) is 5.54 Å². The van der Waals surface area contributed by atoms with Crippen LogP contribution in [0, 0.1) is 0 Å². The molecule has 1 unspecified atom stereocenters. The van der Waals surface area contributed by atoms with Gasteiger partial charge in [0.2, 0.25) is 0 Å². The van der Waals surface area contributed by atoms with Crippen molar-refractivity contribution < 1.29 is 4.74 Å². The van der Waals surface area contributed by atoms with E-state index in [9.17, 15) is 0 Å². The number of unbranched alkanes of at least 4 members (excludes halogenated alkanes) is 1. The van der Waals surface area contributed by atoms with Gasteiger partial charge in [0.05, 0.1) is 12.1 Å². The predicted octanol–water partition coefficient (Wildman–Crippen LogP) is 3.01. The molecule has 1 heterocycles. The van der Waals surface area contributed by atoms with Crippen LogP contribution >= 0.6 is 0 Å². The summed E-state index contributed by atoms with van der Waals surface area (Å²) >= 11 is 0. The van der Waals surface area contributed by atoms with Crippen molar-refractivity contribution in [2.75, 3.05) is 39.4 Å². The van der Waals surface area contributed by atoms with E-state index in [2.05, 4.69) is 54.4 Å². The standard InChI is InChI=1S/C18H30N2O/c1-3-4-14-21-15-13-20-12-8-11-19-18(2,16-20)17-9-6-5-7-10-17/h5-7,9-10,19H,3-4,8,11-16H2,1-2H3. The normalized spacial score (nSPS) is 23.9. The summed E-state index contributed by atoms with van der Waals surface area (Å²) in [6.07, 6.45) is 3.58. The van der Waals surface area contributed by atoms with E-state index in [1.807, 2.05) is 0 Å². The van der Waals surface area contributed by atoms with Crippen molar-refractivity contribution in [3.63, 3.8) is 0 Å². The number of hydrogen-bond acceptors (Lipinski definition) is 3. The van der Waals surface area contributed by atoms with Crippen LogP contribution in [0.3, 0.4) is 0 Å². The second-order valence-corrected chi connectivity index (χ2v) is 6.22. The van der Waals surface area contributed by atoms with E-state index < -0.39 is 0 Å². The summed E-state index contributed by atoms with van der Waals surface area (Å²) in [7, 11) is 0. The SMILES string of the molecule is CCCCOCCN1CCCNC(C)(c2ccccc2)C1. The molecule has 1 aromatic rings. The van der Waals surface area contributed by atoms with Crippen LogP contribution in [0.4, 0.5) is 0 Å². The maximum absolute atomic E-state index is 5.73. The van der Waals surface area contributed by atoms with Gasteiger partial charge in [0, 0.05) is 19.7 Å². The van der Waals surface area contributed by atoms with Crippen molar-refractivity contribution in [1.29, 1.82) is 0 Å². The topological polar surface area (TPSA) is 24.5 Å². The van der Waals surface area contributed by atoms with E-state index in [0.717, 1.165) is 39.4 Å². The average Bonchev–Trinajstić information content (AvgIpc) is 2.71. The Morgan fingerprint density at radius 1 is 1.24 bits per heavy atom. The first-order valence-electron chi connectivity index (χ1n) is 8.35. The summed E-state index contributed by atoms with van der Waals surface area (Å²) in [5, 5.41) is 3.73. The highest BCUT2D eigenvalue weighted by Crippen LogP contribution is 2.23. The third kappa shape index (κ3) is 5.10. The summed E-state index contributed by atoms with van der Waals surface area (Å²) in [6, 6.07) is 10.8. The summed E-state index contributed by atoms with van der Waals surface area (Å²) in [4.78, 5) is 2.54. The summed E-state index contributed by atoms with van der Waals surface area (Å²) in [5.74, 6) is 0. The zero-order chi connectivity index (χ0) is 15.0. The quantitative estimate of drug-likeness (QED) is 0.781. The monoisotopic (exact) mass is 290 g/mol. The first-order valence-corrected chi connectivity index (χ1v) is 8.35. The average molecular weight is 290 g/mol. The Bertz CT molecular complexity index is 395. The van der Waals surface area contributed by atoms with Crippen LogP contribution in [0.1, 0.15) is 38.7 Å². The first-order chi connectivity index (χ1) is 10.2. The van der Waals surface area contributed by atoms with Crippen molar-refractivity contribution in [3.8, 4) is 0 Å². The Morgan fingerprint density at radius 3 is 2.81 bits per heavy atom. The number of rotatable bonds is 7. The number of nitrogens with zero attached hydrogens (tertiary/aromatic N) is 1. The summed E-state index contributed by atoms with van der Waals surface area (Å²) in [6.45, 7) is 10.6. The van der Waals surface area contributed by atoms with Crippen LogP contribution < -0.4 is 5.32 Å². The lowest BCUT2D eigenvalue weighted by Crippen LogP contribution is -2.47. The fourth-order valence-corrected chi connectivity index (χ4v) is 2.98. The lowest BCUT2D eigenvalue weighted by Gasteiger charge is -2.34. The maximum atomic E-state index is 5.73. The Kier molecular flexibility index (Phi) is 6.68.